The Labute approximate surface area is 113 Å². The third-order valence-corrected chi connectivity index (χ3v) is 3.11. The van der Waals surface area contributed by atoms with Crippen molar-refractivity contribution in [2.75, 3.05) is 0 Å². The van der Waals surface area contributed by atoms with Gasteiger partial charge in [0.1, 0.15) is 17.3 Å². The van der Waals surface area contributed by atoms with Crippen LogP contribution in [0.5, 0.6) is 11.5 Å². The fourth-order valence-electron chi connectivity index (χ4n) is 1.87. The maximum atomic E-state index is 13.0. The number of hydrogen-bond acceptors (Lipinski definition) is 2. The van der Waals surface area contributed by atoms with Gasteiger partial charge in [0.05, 0.1) is 0 Å². The molecule has 100 valence electrons. The molecule has 0 amide bonds. The summed E-state index contributed by atoms with van der Waals surface area (Å²) < 4.78 is 18.7. The SMILES string of the molecule is CC[C@@H](N)c1ccc(Oc2ccc(F)cc2C)cc1. The Balaban J connectivity index is 2.15. The third kappa shape index (κ3) is 3.32. The number of benzene rings is 2. The van der Waals surface area contributed by atoms with Gasteiger partial charge in [0.25, 0.3) is 0 Å². The minimum Gasteiger partial charge on any atom is -0.457 e. The molecule has 2 N–H and O–H groups in total. The van der Waals surface area contributed by atoms with Gasteiger partial charge in [0.2, 0.25) is 0 Å². The molecule has 0 fully saturated rings. The highest BCUT2D eigenvalue weighted by Gasteiger charge is 2.05. The number of halogens is 1. The van der Waals surface area contributed by atoms with Gasteiger partial charge in [0, 0.05) is 6.04 Å². The van der Waals surface area contributed by atoms with Crippen molar-refractivity contribution < 1.29 is 9.13 Å². The highest BCUT2D eigenvalue weighted by atomic mass is 19.1. The van der Waals surface area contributed by atoms with Crippen LogP contribution in [-0.2, 0) is 0 Å². The molecule has 0 bridgehead atoms. The van der Waals surface area contributed by atoms with Crippen LogP contribution in [0, 0.1) is 12.7 Å². The lowest BCUT2D eigenvalue weighted by atomic mass is 10.1. The van der Waals surface area contributed by atoms with Crippen molar-refractivity contribution in [2.45, 2.75) is 26.3 Å². The largest absolute Gasteiger partial charge is 0.457 e. The molecule has 0 unspecified atom stereocenters. The lowest BCUT2D eigenvalue weighted by molar-refractivity contribution is 0.476. The summed E-state index contributed by atoms with van der Waals surface area (Å²) in [4.78, 5) is 0. The quantitative estimate of drug-likeness (QED) is 0.886. The van der Waals surface area contributed by atoms with Gasteiger partial charge in [-0.25, -0.2) is 4.39 Å². The zero-order valence-corrected chi connectivity index (χ0v) is 11.2. The second-order valence-corrected chi connectivity index (χ2v) is 4.60. The molecule has 2 rings (SSSR count). The highest BCUT2D eigenvalue weighted by molar-refractivity contribution is 5.38. The summed E-state index contributed by atoms with van der Waals surface area (Å²) in [7, 11) is 0. The second-order valence-electron chi connectivity index (χ2n) is 4.60. The molecule has 0 heterocycles. The molecule has 1 atom stereocenters. The lowest BCUT2D eigenvalue weighted by Crippen LogP contribution is -2.08. The number of hydrogen-bond donors (Lipinski definition) is 1. The molecule has 0 aliphatic carbocycles. The Morgan fingerprint density at radius 2 is 1.84 bits per heavy atom. The predicted molar refractivity (Wildman–Crippen MR) is 74.9 cm³/mol. The Kier molecular flexibility index (Phi) is 4.17. The number of rotatable bonds is 4. The Morgan fingerprint density at radius 3 is 2.42 bits per heavy atom. The molecule has 0 aromatic heterocycles. The van der Waals surface area contributed by atoms with Crippen molar-refractivity contribution in [1.82, 2.24) is 0 Å². The van der Waals surface area contributed by atoms with E-state index in [-0.39, 0.29) is 11.9 Å². The van der Waals surface area contributed by atoms with Gasteiger partial charge in [-0.05, 0) is 54.8 Å². The Hall–Kier alpha value is -1.87. The first-order valence-corrected chi connectivity index (χ1v) is 6.39. The van der Waals surface area contributed by atoms with Crippen LogP contribution in [0.1, 0.15) is 30.5 Å². The number of ether oxygens (including phenoxy) is 1. The molecule has 0 spiro atoms. The van der Waals surface area contributed by atoms with Crippen LogP contribution in [0.3, 0.4) is 0 Å². The highest BCUT2D eigenvalue weighted by Crippen LogP contribution is 2.26. The minimum absolute atomic E-state index is 0.0570. The fourth-order valence-corrected chi connectivity index (χ4v) is 1.87. The molecular weight excluding hydrogens is 241 g/mol. The van der Waals surface area contributed by atoms with Crippen LogP contribution in [0.2, 0.25) is 0 Å². The summed E-state index contributed by atoms with van der Waals surface area (Å²) >= 11 is 0. The first kappa shape index (κ1) is 13.6. The zero-order valence-electron chi connectivity index (χ0n) is 11.2. The summed E-state index contributed by atoms with van der Waals surface area (Å²) in [6.07, 6.45) is 0.900. The summed E-state index contributed by atoms with van der Waals surface area (Å²) in [5.74, 6) is 1.13. The van der Waals surface area contributed by atoms with Crippen LogP contribution in [0.4, 0.5) is 4.39 Å². The molecule has 19 heavy (non-hydrogen) atoms. The Morgan fingerprint density at radius 1 is 1.16 bits per heavy atom. The summed E-state index contributed by atoms with van der Waals surface area (Å²) in [5.41, 5.74) is 7.82. The van der Waals surface area contributed by atoms with Crippen molar-refractivity contribution in [3.8, 4) is 11.5 Å². The van der Waals surface area contributed by atoms with Gasteiger partial charge in [-0.15, -0.1) is 0 Å². The first-order chi connectivity index (χ1) is 9.10. The van der Waals surface area contributed by atoms with Gasteiger partial charge in [-0.1, -0.05) is 19.1 Å². The molecule has 0 aliphatic rings. The predicted octanol–water partition coefficient (Wildman–Crippen LogP) is 4.34. The smallest absolute Gasteiger partial charge is 0.130 e. The van der Waals surface area contributed by atoms with Crippen molar-refractivity contribution in [2.24, 2.45) is 5.73 Å². The van der Waals surface area contributed by atoms with Crippen LogP contribution in [-0.4, -0.2) is 0 Å². The van der Waals surface area contributed by atoms with E-state index in [1.54, 1.807) is 6.07 Å². The monoisotopic (exact) mass is 259 g/mol. The average Bonchev–Trinajstić information content (AvgIpc) is 2.42. The van der Waals surface area contributed by atoms with E-state index < -0.39 is 0 Å². The molecule has 0 aliphatic heterocycles. The molecule has 0 radical (unpaired) electrons. The second kappa shape index (κ2) is 5.85. The van der Waals surface area contributed by atoms with Crippen LogP contribution in [0.15, 0.2) is 42.5 Å². The van der Waals surface area contributed by atoms with Crippen LogP contribution >= 0.6 is 0 Å². The minimum atomic E-state index is -0.255. The Bertz CT molecular complexity index is 551. The third-order valence-electron chi connectivity index (χ3n) is 3.11. The van der Waals surface area contributed by atoms with E-state index >= 15 is 0 Å². The molecule has 2 nitrogen and oxygen atoms in total. The van der Waals surface area contributed by atoms with Crippen molar-refractivity contribution >= 4 is 0 Å². The molecule has 2 aromatic carbocycles. The molecule has 0 saturated heterocycles. The maximum Gasteiger partial charge on any atom is 0.130 e. The van der Waals surface area contributed by atoms with Gasteiger partial charge in [0.15, 0.2) is 0 Å². The van der Waals surface area contributed by atoms with Crippen molar-refractivity contribution in [3.63, 3.8) is 0 Å². The molecule has 3 heteroatoms. The molecular formula is C16H18FNO. The number of aryl methyl sites for hydroxylation is 1. The van der Waals surface area contributed by atoms with Gasteiger partial charge in [-0.3, -0.25) is 0 Å². The van der Waals surface area contributed by atoms with E-state index in [1.165, 1.54) is 12.1 Å². The van der Waals surface area contributed by atoms with E-state index in [1.807, 2.05) is 31.2 Å². The van der Waals surface area contributed by atoms with Crippen molar-refractivity contribution in [3.05, 3.63) is 59.4 Å². The van der Waals surface area contributed by atoms with Crippen LogP contribution < -0.4 is 10.5 Å². The van der Waals surface area contributed by atoms with E-state index in [0.717, 1.165) is 23.3 Å². The van der Waals surface area contributed by atoms with Crippen molar-refractivity contribution in [1.29, 1.82) is 0 Å². The first-order valence-electron chi connectivity index (χ1n) is 6.39. The van der Waals surface area contributed by atoms with E-state index in [9.17, 15) is 4.39 Å². The van der Waals surface area contributed by atoms with Gasteiger partial charge < -0.3 is 10.5 Å². The molecule has 2 aromatic rings. The summed E-state index contributed by atoms with van der Waals surface area (Å²) in [6.45, 7) is 3.87. The number of nitrogens with two attached hydrogens (primary N) is 1. The van der Waals surface area contributed by atoms with E-state index in [0.29, 0.717) is 5.75 Å². The summed E-state index contributed by atoms with van der Waals surface area (Å²) in [5, 5.41) is 0. The van der Waals surface area contributed by atoms with Gasteiger partial charge >= 0.3 is 0 Å². The fraction of sp³-hybridized carbons (Fsp3) is 0.250. The molecule has 0 saturated carbocycles. The standard InChI is InChI=1S/C16H18FNO/c1-3-15(18)12-4-7-14(8-5-12)19-16-9-6-13(17)10-11(16)2/h4-10,15H,3,18H2,1-2H3/t15-/m1/s1. The lowest BCUT2D eigenvalue weighted by Gasteiger charge is -2.11. The van der Waals surface area contributed by atoms with Crippen LogP contribution in [0.25, 0.3) is 0 Å². The topological polar surface area (TPSA) is 35.2 Å². The van der Waals surface area contributed by atoms with Gasteiger partial charge in [-0.2, -0.15) is 0 Å². The average molecular weight is 259 g/mol. The summed E-state index contributed by atoms with van der Waals surface area (Å²) in [6, 6.07) is 12.2. The normalized spacial score (nSPS) is 12.2. The zero-order chi connectivity index (χ0) is 13.8. The van der Waals surface area contributed by atoms with E-state index in [2.05, 4.69) is 6.92 Å². The maximum absolute atomic E-state index is 13.0. The van der Waals surface area contributed by atoms with E-state index in [4.69, 9.17) is 10.5 Å².